The number of aromatic hydroxyl groups is 1. The Morgan fingerprint density at radius 1 is 1.29 bits per heavy atom. The van der Waals surface area contributed by atoms with Crippen molar-refractivity contribution >= 4 is 22.6 Å². The first kappa shape index (κ1) is 17.5. The summed E-state index contributed by atoms with van der Waals surface area (Å²) in [6.07, 6.45) is -4.61. The maximum Gasteiger partial charge on any atom is 0.416 e. The molecule has 1 amide bonds. The van der Waals surface area contributed by atoms with Gasteiger partial charge < -0.3 is 15.0 Å². The van der Waals surface area contributed by atoms with Gasteiger partial charge in [-0.2, -0.15) is 13.2 Å². The summed E-state index contributed by atoms with van der Waals surface area (Å²) in [6, 6.07) is 2.44. The lowest BCUT2D eigenvalue weighted by atomic mass is 10.1. The molecule has 0 aliphatic rings. The van der Waals surface area contributed by atoms with Crippen molar-refractivity contribution in [3.05, 3.63) is 39.7 Å². The fraction of sp³-hybridized carbons (Fsp3) is 0.267. The normalized spacial score (nSPS) is 11.5. The second-order valence-corrected chi connectivity index (χ2v) is 5.20. The molecule has 0 aliphatic carbocycles. The highest BCUT2D eigenvalue weighted by atomic mass is 19.4. The minimum Gasteiger partial charge on any atom is -0.506 e. The third-order valence-electron chi connectivity index (χ3n) is 3.42. The van der Waals surface area contributed by atoms with Gasteiger partial charge in [0.15, 0.2) is 0 Å². The molecule has 24 heavy (non-hydrogen) atoms. The molecule has 1 aromatic carbocycles. The number of alkyl halides is 3. The van der Waals surface area contributed by atoms with Crippen molar-refractivity contribution in [2.75, 3.05) is 6.54 Å². The Balaban J connectivity index is 2.67. The summed E-state index contributed by atoms with van der Waals surface area (Å²) in [6.45, 7) is 0.879. The molecule has 0 saturated heterocycles. The molecule has 0 bridgehead atoms. The molecule has 9 heteroatoms. The summed E-state index contributed by atoms with van der Waals surface area (Å²) >= 11 is 0. The van der Waals surface area contributed by atoms with Gasteiger partial charge in [-0.15, -0.1) is 0 Å². The van der Waals surface area contributed by atoms with Gasteiger partial charge in [-0.25, -0.2) is 0 Å². The monoisotopic (exact) mass is 342 g/mol. The first-order valence-electron chi connectivity index (χ1n) is 6.74. The SMILES string of the molecule is CC(=O)CNC(=O)c1c(O)c2ccc(C(F)(F)F)cc2n(C)c1=O. The van der Waals surface area contributed by atoms with Crippen LogP contribution in [0.5, 0.6) is 5.75 Å². The number of carbonyl (C=O) groups is 2. The van der Waals surface area contributed by atoms with E-state index < -0.39 is 34.5 Å². The molecule has 0 saturated carbocycles. The molecule has 2 N–H and O–H groups in total. The van der Waals surface area contributed by atoms with Crippen molar-refractivity contribution in [3.8, 4) is 5.75 Å². The molecule has 2 aromatic rings. The van der Waals surface area contributed by atoms with E-state index in [1.165, 1.54) is 14.0 Å². The summed E-state index contributed by atoms with van der Waals surface area (Å²) in [5.41, 5.74) is -2.76. The Bertz CT molecular complexity index is 900. The standard InChI is InChI=1S/C15H13F3N2O4/c1-7(21)6-19-13(23)11-12(22)9-4-3-8(15(16,17)18)5-10(9)20(2)14(11)24/h3-5,22H,6H2,1-2H3,(H,19,23). The first-order valence-corrected chi connectivity index (χ1v) is 6.74. The van der Waals surface area contributed by atoms with Gasteiger partial charge in [0.1, 0.15) is 17.1 Å². The van der Waals surface area contributed by atoms with E-state index >= 15 is 0 Å². The molecule has 0 unspecified atom stereocenters. The van der Waals surface area contributed by atoms with Gasteiger partial charge >= 0.3 is 6.18 Å². The quantitative estimate of drug-likeness (QED) is 0.886. The van der Waals surface area contributed by atoms with Crippen LogP contribution in [0.2, 0.25) is 0 Å². The molecule has 128 valence electrons. The molecular formula is C15H13F3N2O4. The number of nitrogens with one attached hydrogen (secondary N) is 1. The maximum absolute atomic E-state index is 12.8. The maximum atomic E-state index is 12.8. The number of aromatic nitrogens is 1. The van der Waals surface area contributed by atoms with Crippen LogP contribution in [0.15, 0.2) is 23.0 Å². The van der Waals surface area contributed by atoms with Crippen LogP contribution in [0, 0.1) is 0 Å². The Morgan fingerprint density at radius 2 is 1.92 bits per heavy atom. The lowest BCUT2D eigenvalue weighted by Gasteiger charge is -2.14. The highest BCUT2D eigenvalue weighted by Crippen LogP contribution is 2.33. The summed E-state index contributed by atoms with van der Waals surface area (Å²) in [5.74, 6) is -2.08. The van der Waals surface area contributed by atoms with Crippen molar-refractivity contribution in [3.63, 3.8) is 0 Å². The van der Waals surface area contributed by atoms with Gasteiger partial charge in [-0.1, -0.05) is 0 Å². The zero-order valence-electron chi connectivity index (χ0n) is 12.7. The fourth-order valence-corrected chi connectivity index (χ4v) is 2.20. The van der Waals surface area contributed by atoms with Crippen LogP contribution in [-0.2, 0) is 18.0 Å². The molecular weight excluding hydrogens is 329 g/mol. The second kappa shape index (κ2) is 5.99. The zero-order valence-corrected chi connectivity index (χ0v) is 12.7. The van der Waals surface area contributed by atoms with Crippen LogP contribution in [0.25, 0.3) is 10.9 Å². The summed E-state index contributed by atoms with van der Waals surface area (Å²) in [7, 11) is 1.19. The van der Waals surface area contributed by atoms with Gasteiger partial charge in [0.05, 0.1) is 17.6 Å². The van der Waals surface area contributed by atoms with E-state index in [1.54, 1.807) is 0 Å². The van der Waals surface area contributed by atoms with E-state index in [1.807, 2.05) is 0 Å². The lowest BCUT2D eigenvalue weighted by Crippen LogP contribution is -2.34. The number of nitrogens with zero attached hydrogens (tertiary/aromatic N) is 1. The average molecular weight is 342 g/mol. The average Bonchev–Trinajstić information content (AvgIpc) is 2.49. The number of hydrogen-bond acceptors (Lipinski definition) is 4. The van der Waals surface area contributed by atoms with Crippen molar-refractivity contribution < 1.29 is 27.9 Å². The molecule has 0 radical (unpaired) electrons. The fourth-order valence-electron chi connectivity index (χ4n) is 2.20. The number of ketones is 1. The van der Waals surface area contributed by atoms with Crippen molar-refractivity contribution in [2.45, 2.75) is 13.1 Å². The molecule has 1 heterocycles. The summed E-state index contributed by atoms with van der Waals surface area (Å²) < 4.78 is 39.2. The van der Waals surface area contributed by atoms with Gasteiger partial charge in [-0.3, -0.25) is 14.4 Å². The highest BCUT2D eigenvalue weighted by Gasteiger charge is 2.31. The van der Waals surface area contributed by atoms with Crippen LogP contribution in [0.1, 0.15) is 22.8 Å². The van der Waals surface area contributed by atoms with Gasteiger partial charge in [0.25, 0.3) is 11.5 Å². The number of benzene rings is 1. The van der Waals surface area contributed by atoms with Gasteiger partial charge in [0.2, 0.25) is 0 Å². The number of halogens is 3. The molecule has 1 aromatic heterocycles. The predicted octanol–water partition coefficient (Wildman–Crippen LogP) is 1.58. The van der Waals surface area contributed by atoms with Crippen molar-refractivity contribution in [1.82, 2.24) is 9.88 Å². The summed E-state index contributed by atoms with van der Waals surface area (Å²) in [4.78, 5) is 35.1. The first-order chi connectivity index (χ1) is 11.0. The molecule has 0 aliphatic heterocycles. The largest absolute Gasteiger partial charge is 0.506 e. The van der Waals surface area contributed by atoms with Crippen LogP contribution in [0.4, 0.5) is 13.2 Å². The topological polar surface area (TPSA) is 88.4 Å². The molecule has 0 fully saturated rings. The van der Waals surface area contributed by atoms with Gasteiger partial charge in [0, 0.05) is 12.4 Å². The highest BCUT2D eigenvalue weighted by molar-refractivity contribution is 6.03. The minimum absolute atomic E-state index is 0.0851. The molecule has 2 rings (SSSR count). The smallest absolute Gasteiger partial charge is 0.416 e. The van der Waals surface area contributed by atoms with E-state index in [0.717, 1.165) is 16.7 Å². The third-order valence-corrected chi connectivity index (χ3v) is 3.42. The predicted molar refractivity (Wildman–Crippen MR) is 78.9 cm³/mol. The Labute approximate surface area is 133 Å². The number of rotatable bonds is 3. The lowest BCUT2D eigenvalue weighted by molar-refractivity contribution is -0.137. The second-order valence-electron chi connectivity index (χ2n) is 5.20. The van der Waals surface area contributed by atoms with E-state index in [-0.39, 0.29) is 23.2 Å². The molecule has 6 nitrogen and oxygen atoms in total. The summed E-state index contributed by atoms with van der Waals surface area (Å²) in [5, 5.41) is 12.2. The van der Waals surface area contributed by atoms with Crippen LogP contribution < -0.4 is 10.9 Å². The Kier molecular flexibility index (Phi) is 4.37. The van der Waals surface area contributed by atoms with Crippen LogP contribution in [-0.4, -0.2) is 27.9 Å². The minimum atomic E-state index is -4.61. The van der Waals surface area contributed by atoms with E-state index in [9.17, 15) is 32.7 Å². The van der Waals surface area contributed by atoms with Gasteiger partial charge in [-0.05, 0) is 25.1 Å². The molecule has 0 spiro atoms. The van der Waals surface area contributed by atoms with E-state index in [2.05, 4.69) is 5.32 Å². The number of Topliss-reactive ketones (excluding diaryl/α,β-unsaturated/α-hetero) is 1. The number of aryl methyl sites for hydroxylation is 1. The van der Waals surface area contributed by atoms with E-state index in [0.29, 0.717) is 6.07 Å². The van der Waals surface area contributed by atoms with Crippen LogP contribution >= 0.6 is 0 Å². The number of amides is 1. The number of hydrogen-bond donors (Lipinski definition) is 2. The van der Waals surface area contributed by atoms with Crippen LogP contribution in [0.3, 0.4) is 0 Å². The zero-order chi connectivity index (χ0) is 18.2. The number of carbonyl (C=O) groups excluding carboxylic acids is 2. The third kappa shape index (κ3) is 3.10. The molecule has 0 atom stereocenters. The Morgan fingerprint density at radius 3 is 2.46 bits per heavy atom. The van der Waals surface area contributed by atoms with Crippen molar-refractivity contribution in [2.24, 2.45) is 7.05 Å². The number of pyridine rings is 1. The van der Waals surface area contributed by atoms with E-state index in [4.69, 9.17) is 0 Å². The number of fused-ring (bicyclic) bond motifs is 1. The Hall–Kier alpha value is -2.84. The van der Waals surface area contributed by atoms with Crippen molar-refractivity contribution in [1.29, 1.82) is 0 Å².